The Hall–Kier alpha value is -1.66. The lowest BCUT2D eigenvalue weighted by Crippen LogP contribution is -2.22. The molecule has 0 aliphatic carbocycles. The number of aliphatic hydroxyl groups is 1. The Balaban J connectivity index is 2.56. The molecular weight excluding hydrogens is 250 g/mol. The van der Waals surface area contributed by atoms with Crippen LogP contribution in [0, 0.1) is 0 Å². The second kappa shape index (κ2) is 5.32. The van der Waals surface area contributed by atoms with Gasteiger partial charge in [-0.1, -0.05) is 18.3 Å². The van der Waals surface area contributed by atoms with Gasteiger partial charge in [0.05, 0.1) is 19.3 Å². The molecule has 6 heteroatoms. The third kappa shape index (κ3) is 2.60. The largest absolute Gasteiger partial charge is 0.395 e. The predicted molar refractivity (Wildman–Crippen MR) is 71.6 cm³/mol. The van der Waals surface area contributed by atoms with Gasteiger partial charge in [0, 0.05) is 11.1 Å². The van der Waals surface area contributed by atoms with Crippen molar-refractivity contribution in [3.8, 4) is 0 Å². The van der Waals surface area contributed by atoms with Crippen molar-refractivity contribution in [3.05, 3.63) is 40.3 Å². The number of rotatable bonds is 4. The Kier molecular flexibility index (Phi) is 3.78. The van der Waals surface area contributed by atoms with Gasteiger partial charge in [0.25, 0.3) is 5.56 Å². The SMILES string of the molecule is C=C(C)Sc1cnc2c(c1)ncc(=O)n2CCO. The molecule has 0 spiro atoms. The van der Waals surface area contributed by atoms with Gasteiger partial charge in [0.15, 0.2) is 5.65 Å². The van der Waals surface area contributed by atoms with E-state index in [-0.39, 0.29) is 18.7 Å². The first-order valence-electron chi connectivity index (χ1n) is 5.41. The maximum Gasteiger partial charge on any atom is 0.270 e. The summed E-state index contributed by atoms with van der Waals surface area (Å²) in [6.45, 7) is 5.84. The lowest BCUT2D eigenvalue weighted by molar-refractivity contribution is 0.276. The number of fused-ring (bicyclic) bond motifs is 1. The summed E-state index contributed by atoms with van der Waals surface area (Å²) in [6, 6.07) is 1.86. The molecule has 0 bridgehead atoms. The van der Waals surface area contributed by atoms with Crippen molar-refractivity contribution >= 4 is 22.9 Å². The monoisotopic (exact) mass is 263 g/mol. The van der Waals surface area contributed by atoms with Gasteiger partial charge in [-0.15, -0.1) is 0 Å². The first-order valence-corrected chi connectivity index (χ1v) is 6.23. The molecule has 2 heterocycles. The highest BCUT2D eigenvalue weighted by Gasteiger charge is 2.06. The Morgan fingerprint density at radius 2 is 2.28 bits per heavy atom. The zero-order valence-electron chi connectivity index (χ0n) is 9.96. The average molecular weight is 263 g/mol. The number of thioether (sulfide) groups is 1. The molecule has 2 aromatic rings. The van der Waals surface area contributed by atoms with Crippen LogP contribution < -0.4 is 5.56 Å². The molecule has 0 saturated heterocycles. The predicted octanol–water partition coefficient (Wildman–Crippen LogP) is 1.41. The van der Waals surface area contributed by atoms with Crippen LogP contribution in [-0.4, -0.2) is 26.2 Å². The molecule has 1 N–H and O–H groups in total. The molecule has 0 saturated carbocycles. The van der Waals surface area contributed by atoms with Crippen LogP contribution in [0.5, 0.6) is 0 Å². The maximum absolute atomic E-state index is 11.6. The van der Waals surface area contributed by atoms with Gasteiger partial charge in [0.1, 0.15) is 5.52 Å². The van der Waals surface area contributed by atoms with Crippen LogP contribution in [0.15, 0.2) is 39.6 Å². The minimum atomic E-state index is -0.260. The smallest absolute Gasteiger partial charge is 0.270 e. The quantitative estimate of drug-likeness (QED) is 0.845. The molecule has 0 fully saturated rings. The van der Waals surface area contributed by atoms with Crippen LogP contribution in [0.3, 0.4) is 0 Å². The van der Waals surface area contributed by atoms with Crippen molar-refractivity contribution in [2.45, 2.75) is 18.4 Å². The zero-order valence-corrected chi connectivity index (χ0v) is 10.8. The van der Waals surface area contributed by atoms with E-state index in [9.17, 15) is 4.79 Å². The van der Waals surface area contributed by atoms with Gasteiger partial charge in [-0.25, -0.2) is 9.97 Å². The molecule has 0 aromatic carbocycles. The van der Waals surface area contributed by atoms with Gasteiger partial charge in [-0.05, 0) is 17.9 Å². The molecule has 5 nitrogen and oxygen atoms in total. The fourth-order valence-corrected chi connectivity index (χ4v) is 2.28. The Bertz CT molecular complexity index is 651. The maximum atomic E-state index is 11.6. The van der Waals surface area contributed by atoms with Crippen molar-refractivity contribution in [1.29, 1.82) is 0 Å². The number of nitrogens with zero attached hydrogens (tertiary/aromatic N) is 3. The van der Waals surface area contributed by atoms with Crippen molar-refractivity contribution < 1.29 is 5.11 Å². The van der Waals surface area contributed by atoms with E-state index in [1.807, 2.05) is 13.0 Å². The first-order chi connectivity index (χ1) is 8.61. The Morgan fingerprint density at radius 3 is 2.94 bits per heavy atom. The van der Waals surface area contributed by atoms with Crippen LogP contribution in [0.2, 0.25) is 0 Å². The third-order valence-electron chi connectivity index (χ3n) is 2.27. The highest BCUT2D eigenvalue weighted by Crippen LogP contribution is 2.25. The van der Waals surface area contributed by atoms with Crippen molar-refractivity contribution in [1.82, 2.24) is 14.5 Å². The van der Waals surface area contributed by atoms with Crippen LogP contribution >= 0.6 is 11.8 Å². The zero-order chi connectivity index (χ0) is 13.1. The highest BCUT2D eigenvalue weighted by atomic mass is 32.2. The second-order valence-electron chi connectivity index (χ2n) is 3.79. The normalized spacial score (nSPS) is 10.8. The first kappa shape index (κ1) is 12.8. The molecule has 0 aliphatic rings. The summed E-state index contributed by atoms with van der Waals surface area (Å²) >= 11 is 1.50. The number of aromatic nitrogens is 3. The van der Waals surface area contributed by atoms with Gasteiger partial charge >= 0.3 is 0 Å². The van der Waals surface area contributed by atoms with E-state index in [4.69, 9.17) is 5.11 Å². The Morgan fingerprint density at radius 1 is 1.50 bits per heavy atom. The van der Waals surface area contributed by atoms with E-state index in [2.05, 4.69) is 16.5 Å². The third-order valence-corrected chi connectivity index (χ3v) is 3.08. The van der Waals surface area contributed by atoms with E-state index in [0.717, 1.165) is 9.80 Å². The molecule has 0 radical (unpaired) electrons. The second-order valence-corrected chi connectivity index (χ2v) is 5.16. The summed E-state index contributed by atoms with van der Waals surface area (Å²) in [5.74, 6) is 0. The molecule has 0 unspecified atom stereocenters. The van der Waals surface area contributed by atoms with Crippen LogP contribution in [-0.2, 0) is 6.54 Å². The standard InChI is InChI=1S/C12H13N3O2S/c1-8(2)18-9-5-10-12(14-6-9)15(3-4-16)11(17)7-13-10/h5-7,16H,1,3-4H2,2H3. The fraction of sp³-hybridized carbons (Fsp3) is 0.250. The molecule has 18 heavy (non-hydrogen) atoms. The van der Waals surface area contributed by atoms with Gasteiger partial charge in [-0.2, -0.15) is 0 Å². The topological polar surface area (TPSA) is 68.0 Å². The van der Waals surface area contributed by atoms with E-state index >= 15 is 0 Å². The summed E-state index contributed by atoms with van der Waals surface area (Å²) in [7, 11) is 0. The summed E-state index contributed by atoms with van der Waals surface area (Å²) in [5.41, 5.74) is 0.862. The summed E-state index contributed by atoms with van der Waals surface area (Å²) in [6.07, 6.45) is 2.92. The molecule has 0 aliphatic heterocycles. The molecular formula is C12H13N3O2S. The molecule has 2 rings (SSSR count). The summed E-state index contributed by atoms with van der Waals surface area (Å²) in [4.78, 5) is 21.8. The summed E-state index contributed by atoms with van der Waals surface area (Å²) < 4.78 is 1.41. The minimum absolute atomic E-state index is 0.108. The average Bonchev–Trinajstić information content (AvgIpc) is 2.32. The van der Waals surface area contributed by atoms with Gasteiger partial charge in [0.2, 0.25) is 0 Å². The minimum Gasteiger partial charge on any atom is -0.395 e. The van der Waals surface area contributed by atoms with Crippen LogP contribution in [0.25, 0.3) is 11.2 Å². The van der Waals surface area contributed by atoms with Crippen molar-refractivity contribution in [3.63, 3.8) is 0 Å². The van der Waals surface area contributed by atoms with Crippen molar-refractivity contribution in [2.24, 2.45) is 0 Å². The van der Waals surface area contributed by atoms with Gasteiger partial charge in [-0.3, -0.25) is 9.36 Å². The summed E-state index contributed by atoms with van der Waals surface area (Å²) in [5, 5.41) is 8.95. The van der Waals surface area contributed by atoms with E-state index in [1.54, 1.807) is 6.20 Å². The van der Waals surface area contributed by atoms with E-state index in [1.165, 1.54) is 22.5 Å². The van der Waals surface area contributed by atoms with E-state index in [0.29, 0.717) is 11.2 Å². The van der Waals surface area contributed by atoms with E-state index < -0.39 is 0 Å². The number of hydrogen-bond acceptors (Lipinski definition) is 5. The number of allylic oxidation sites excluding steroid dienone is 1. The fourth-order valence-electron chi connectivity index (χ4n) is 1.60. The highest BCUT2D eigenvalue weighted by molar-refractivity contribution is 8.03. The molecule has 0 amide bonds. The number of hydrogen-bond donors (Lipinski definition) is 1. The van der Waals surface area contributed by atoms with Crippen LogP contribution in [0.1, 0.15) is 6.92 Å². The lowest BCUT2D eigenvalue weighted by atomic mass is 10.4. The molecule has 0 atom stereocenters. The Labute approximate surface area is 108 Å². The lowest BCUT2D eigenvalue weighted by Gasteiger charge is -2.07. The van der Waals surface area contributed by atoms with Crippen LogP contribution in [0.4, 0.5) is 0 Å². The number of aliphatic hydroxyl groups excluding tert-OH is 1. The van der Waals surface area contributed by atoms with Gasteiger partial charge < -0.3 is 5.11 Å². The molecule has 2 aromatic heterocycles. The van der Waals surface area contributed by atoms with Crippen molar-refractivity contribution in [2.75, 3.05) is 6.61 Å². The number of pyridine rings is 1. The molecule has 94 valence electrons.